The Bertz CT molecular complexity index is 562. The van der Waals surface area contributed by atoms with Gasteiger partial charge in [-0.25, -0.2) is 0 Å². The number of phenols is 1. The first-order chi connectivity index (χ1) is 9.59. The molecule has 0 spiro atoms. The van der Waals surface area contributed by atoms with Crippen molar-refractivity contribution in [2.45, 2.75) is 11.8 Å². The standard InChI is InChI=1S/C16H15Cl3O/c17-10-16(11-18,13-2-1-3-14(19)8-13)9-12-4-6-15(20)7-5-12/h1-8,20H,9-11H2. The summed E-state index contributed by atoms with van der Waals surface area (Å²) < 4.78 is 0. The van der Waals surface area contributed by atoms with Gasteiger partial charge >= 0.3 is 0 Å². The first-order valence-corrected chi connectivity index (χ1v) is 7.70. The third-order valence-corrected chi connectivity index (χ3v) is 4.69. The van der Waals surface area contributed by atoms with Crippen LogP contribution in [0.25, 0.3) is 0 Å². The molecule has 1 nitrogen and oxygen atoms in total. The van der Waals surface area contributed by atoms with Crippen LogP contribution >= 0.6 is 34.8 Å². The minimum absolute atomic E-state index is 0.249. The fourth-order valence-electron chi connectivity index (χ4n) is 2.21. The highest BCUT2D eigenvalue weighted by molar-refractivity contribution is 6.30. The van der Waals surface area contributed by atoms with Crippen LogP contribution in [0.15, 0.2) is 48.5 Å². The molecule has 0 heterocycles. The molecule has 0 aliphatic rings. The van der Waals surface area contributed by atoms with Crippen molar-refractivity contribution >= 4 is 34.8 Å². The second-order valence-electron chi connectivity index (χ2n) is 4.90. The number of halogens is 3. The minimum atomic E-state index is -0.370. The van der Waals surface area contributed by atoms with Gasteiger partial charge in [0.25, 0.3) is 0 Å². The molecule has 0 saturated carbocycles. The van der Waals surface area contributed by atoms with Gasteiger partial charge in [-0.3, -0.25) is 0 Å². The van der Waals surface area contributed by atoms with Gasteiger partial charge in [0.15, 0.2) is 0 Å². The summed E-state index contributed by atoms with van der Waals surface area (Å²) in [6.07, 6.45) is 0.695. The van der Waals surface area contributed by atoms with Crippen molar-refractivity contribution in [1.82, 2.24) is 0 Å². The average molecular weight is 330 g/mol. The molecule has 20 heavy (non-hydrogen) atoms. The van der Waals surface area contributed by atoms with Crippen molar-refractivity contribution < 1.29 is 5.11 Å². The summed E-state index contributed by atoms with van der Waals surface area (Å²) in [5, 5.41) is 10.0. The Morgan fingerprint density at radius 3 is 2.15 bits per heavy atom. The van der Waals surface area contributed by atoms with Crippen molar-refractivity contribution in [2.24, 2.45) is 0 Å². The van der Waals surface area contributed by atoms with E-state index in [1.54, 1.807) is 12.1 Å². The van der Waals surface area contributed by atoms with Crippen LogP contribution < -0.4 is 0 Å². The summed E-state index contributed by atoms with van der Waals surface area (Å²) in [4.78, 5) is 0. The molecular weight excluding hydrogens is 315 g/mol. The third-order valence-electron chi connectivity index (χ3n) is 3.43. The quantitative estimate of drug-likeness (QED) is 0.765. The number of hydrogen-bond acceptors (Lipinski definition) is 1. The Morgan fingerprint density at radius 2 is 1.60 bits per heavy atom. The Morgan fingerprint density at radius 1 is 0.950 bits per heavy atom. The van der Waals surface area contributed by atoms with Gasteiger partial charge in [0.2, 0.25) is 0 Å². The van der Waals surface area contributed by atoms with E-state index in [2.05, 4.69) is 0 Å². The molecule has 0 aliphatic carbocycles. The fraction of sp³-hybridized carbons (Fsp3) is 0.250. The maximum absolute atomic E-state index is 9.35. The Kier molecular flexibility index (Phi) is 5.20. The lowest BCUT2D eigenvalue weighted by Gasteiger charge is -2.30. The van der Waals surface area contributed by atoms with Crippen molar-refractivity contribution in [3.05, 3.63) is 64.7 Å². The predicted octanol–water partition coefficient (Wildman–Crippen LogP) is 5.00. The normalized spacial score (nSPS) is 11.6. The zero-order chi connectivity index (χ0) is 14.6. The second-order valence-corrected chi connectivity index (χ2v) is 5.87. The summed E-state index contributed by atoms with van der Waals surface area (Å²) in [5.74, 6) is 1.05. The molecule has 1 N–H and O–H groups in total. The summed E-state index contributed by atoms with van der Waals surface area (Å²) in [7, 11) is 0. The Labute approximate surface area is 134 Å². The van der Waals surface area contributed by atoms with E-state index in [0.29, 0.717) is 23.2 Å². The largest absolute Gasteiger partial charge is 0.508 e. The minimum Gasteiger partial charge on any atom is -0.508 e. The number of phenolic OH excluding ortho intramolecular Hbond substituents is 1. The van der Waals surface area contributed by atoms with Crippen LogP contribution in [0.3, 0.4) is 0 Å². The summed E-state index contributed by atoms with van der Waals surface area (Å²) in [6, 6.07) is 14.7. The number of hydrogen-bond donors (Lipinski definition) is 1. The van der Waals surface area contributed by atoms with E-state index in [0.717, 1.165) is 11.1 Å². The first kappa shape index (κ1) is 15.5. The maximum atomic E-state index is 9.35. The SMILES string of the molecule is Oc1ccc(CC(CCl)(CCl)c2cccc(Cl)c2)cc1. The predicted molar refractivity (Wildman–Crippen MR) is 86.4 cm³/mol. The first-order valence-electron chi connectivity index (χ1n) is 6.25. The van der Waals surface area contributed by atoms with E-state index in [4.69, 9.17) is 34.8 Å². The van der Waals surface area contributed by atoms with E-state index in [1.807, 2.05) is 36.4 Å². The lowest BCUT2D eigenvalue weighted by Crippen LogP contribution is -2.33. The molecule has 0 bridgehead atoms. The second kappa shape index (κ2) is 6.71. The van der Waals surface area contributed by atoms with Gasteiger partial charge in [0, 0.05) is 22.2 Å². The molecule has 0 aromatic heterocycles. The van der Waals surface area contributed by atoms with Crippen LogP contribution in [0.1, 0.15) is 11.1 Å². The van der Waals surface area contributed by atoms with Gasteiger partial charge in [0.05, 0.1) is 0 Å². The summed E-state index contributed by atoms with van der Waals surface area (Å²) in [5.41, 5.74) is 1.73. The van der Waals surface area contributed by atoms with Crippen molar-refractivity contribution in [1.29, 1.82) is 0 Å². The van der Waals surface area contributed by atoms with Crippen LogP contribution in [0.5, 0.6) is 5.75 Å². The van der Waals surface area contributed by atoms with Gasteiger partial charge < -0.3 is 5.11 Å². The fourth-order valence-corrected chi connectivity index (χ4v) is 3.18. The van der Waals surface area contributed by atoms with E-state index >= 15 is 0 Å². The Balaban J connectivity index is 2.36. The molecule has 0 radical (unpaired) electrons. The zero-order valence-electron chi connectivity index (χ0n) is 10.8. The molecule has 0 fully saturated rings. The van der Waals surface area contributed by atoms with Gasteiger partial charge in [-0.2, -0.15) is 0 Å². The number of aromatic hydroxyl groups is 1. The highest BCUT2D eigenvalue weighted by Crippen LogP contribution is 2.33. The van der Waals surface area contributed by atoms with Gasteiger partial charge in [-0.15, -0.1) is 23.2 Å². The van der Waals surface area contributed by atoms with E-state index in [9.17, 15) is 5.11 Å². The molecule has 0 atom stereocenters. The number of alkyl halides is 2. The van der Waals surface area contributed by atoms with E-state index < -0.39 is 0 Å². The topological polar surface area (TPSA) is 20.2 Å². The smallest absolute Gasteiger partial charge is 0.115 e. The van der Waals surface area contributed by atoms with Crippen LogP contribution in [-0.2, 0) is 11.8 Å². The highest BCUT2D eigenvalue weighted by Gasteiger charge is 2.31. The molecule has 0 unspecified atom stereocenters. The van der Waals surface area contributed by atoms with Gasteiger partial charge in [-0.1, -0.05) is 35.9 Å². The van der Waals surface area contributed by atoms with Crippen LogP contribution in [0, 0.1) is 0 Å². The monoisotopic (exact) mass is 328 g/mol. The van der Waals surface area contributed by atoms with E-state index in [-0.39, 0.29) is 11.2 Å². The van der Waals surface area contributed by atoms with Gasteiger partial charge in [-0.05, 0) is 41.8 Å². The average Bonchev–Trinajstić information content (AvgIpc) is 2.47. The summed E-state index contributed by atoms with van der Waals surface area (Å²) >= 11 is 18.5. The van der Waals surface area contributed by atoms with Crippen molar-refractivity contribution in [2.75, 3.05) is 11.8 Å². The van der Waals surface area contributed by atoms with Crippen molar-refractivity contribution in [3.63, 3.8) is 0 Å². The lowest BCUT2D eigenvalue weighted by molar-refractivity contribution is 0.474. The molecular formula is C16H15Cl3O. The molecule has 2 aromatic carbocycles. The van der Waals surface area contributed by atoms with E-state index in [1.165, 1.54) is 0 Å². The molecule has 0 saturated heterocycles. The molecule has 4 heteroatoms. The lowest BCUT2D eigenvalue weighted by atomic mass is 9.79. The van der Waals surface area contributed by atoms with Gasteiger partial charge in [0.1, 0.15) is 5.75 Å². The van der Waals surface area contributed by atoms with Crippen LogP contribution in [0.2, 0.25) is 5.02 Å². The molecule has 2 rings (SSSR count). The van der Waals surface area contributed by atoms with Crippen LogP contribution in [-0.4, -0.2) is 16.9 Å². The van der Waals surface area contributed by atoms with Crippen molar-refractivity contribution in [3.8, 4) is 5.75 Å². The van der Waals surface area contributed by atoms with Crippen LogP contribution in [0.4, 0.5) is 0 Å². The third kappa shape index (κ3) is 3.41. The molecule has 0 aliphatic heterocycles. The molecule has 106 valence electrons. The highest BCUT2D eigenvalue weighted by atomic mass is 35.5. The number of benzene rings is 2. The summed E-state index contributed by atoms with van der Waals surface area (Å²) in [6.45, 7) is 0. The number of rotatable bonds is 5. The zero-order valence-corrected chi connectivity index (χ0v) is 13.1. The molecule has 2 aromatic rings. The Hall–Kier alpha value is -0.890. The maximum Gasteiger partial charge on any atom is 0.115 e. The molecule has 0 amide bonds.